The van der Waals surface area contributed by atoms with Crippen LogP contribution in [0.4, 0.5) is 0 Å². The summed E-state index contributed by atoms with van der Waals surface area (Å²) in [5, 5.41) is 3.88. The Balaban J connectivity index is 2.28. The number of hydrogen-bond donors (Lipinski definition) is 1. The molecule has 16 heavy (non-hydrogen) atoms. The molecule has 0 spiro atoms. The average molecular weight is 217 g/mol. The van der Waals surface area contributed by atoms with Crippen molar-refractivity contribution in [2.24, 2.45) is 5.73 Å². The lowest BCUT2D eigenvalue weighted by Gasteiger charge is -1.99. The van der Waals surface area contributed by atoms with Crippen LogP contribution in [0.5, 0.6) is 0 Å². The van der Waals surface area contributed by atoms with Crippen LogP contribution in [-0.4, -0.2) is 16.7 Å². The summed E-state index contributed by atoms with van der Waals surface area (Å²) in [6, 6.07) is 8.04. The molecule has 0 unspecified atom stereocenters. The second kappa shape index (κ2) is 4.90. The van der Waals surface area contributed by atoms with Gasteiger partial charge in [-0.1, -0.05) is 24.2 Å². The zero-order chi connectivity index (χ0) is 11.4. The molecule has 0 aliphatic rings. The molecule has 0 fully saturated rings. The molecule has 0 amide bonds. The molecule has 0 saturated heterocycles. The molecule has 0 aliphatic heterocycles. The van der Waals surface area contributed by atoms with Gasteiger partial charge in [0.05, 0.1) is 0 Å². The van der Waals surface area contributed by atoms with E-state index in [0.29, 0.717) is 12.4 Å². The summed E-state index contributed by atoms with van der Waals surface area (Å²) in [6.07, 6.45) is 1.65. The standard InChI is InChI=1S/C12H15N3O/c1-2-11-14-12(16-15-11)10-5-3-4-9(8-10)6-7-13/h3-5,8H,2,6-7,13H2,1H3. The van der Waals surface area contributed by atoms with Crippen molar-refractivity contribution in [3.63, 3.8) is 0 Å². The minimum absolute atomic E-state index is 0.579. The molecule has 4 nitrogen and oxygen atoms in total. The first-order valence-corrected chi connectivity index (χ1v) is 5.45. The highest BCUT2D eigenvalue weighted by Crippen LogP contribution is 2.18. The molecule has 0 bridgehead atoms. The maximum Gasteiger partial charge on any atom is 0.257 e. The topological polar surface area (TPSA) is 64.9 Å². The number of benzene rings is 1. The maximum absolute atomic E-state index is 5.52. The summed E-state index contributed by atoms with van der Waals surface area (Å²) in [4.78, 5) is 4.29. The van der Waals surface area contributed by atoms with Crippen LogP contribution in [0, 0.1) is 0 Å². The molecule has 1 aromatic heterocycles. The average Bonchev–Trinajstić information content (AvgIpc) is 2.78. The quantitative estimate of drug-likeness (QED) is 0.848. The molecule has 0 atom stereocenters. The lowest BCUT2D eigenvalue weighted by atomic mass is 10.1. The van der Waals surface area contributed by atoms with Gasteiger partial charge in [0.25, 0.3) is 5.89 Å². The third kappa shape index (κ3) is 2.28. The van der Waals surface area contributed by atoms with Crippen molar-refractivity contribution in [1.82, 2.24) is 10.1 Å². The van der Waals surface area contributed by atoms with Gasteiger partial charge >= 0.3 is 0 Å². The van der Waals surface area contributed by atoms with Gasteiger partial charge in [0.15, 0.2) is 5.82 Å². The van der Waals surface area contributed by atoms with Gasteiger partial charge < -0.3 is 10.3 Å². The first kappa shape index (κ1) is 10.8. The van der Waals surface area contributed by atoms with E-state index >= 15 is 0 Å². The highest BCUT2D eigenvalue weighted by molar-refractivity contribution is 5.54. The second-order valence-electron chi connectivity index (χ2n) is 3.61. The minimum Gasteiger partial charge on any atom is -0.334 e. The molecular formula is C12H15N3O. The fraction of sp³-hybridized carbons (Fsp3) is 0.333. The Morgan fingerprint density at radius 1 is 1.38 bits per heavy atom. The molecule has 2 N–H and O–H groups in total. The van der Waals surface area contributed by atoms with Gasteiger partial charge in [0, 0.05) is 12.0 Å². The van der Waals surface area contributed by atoms with E-state index in [4.69, 9.17) is 10.3 Å². The van der Waals surface area contributed by atoms with Crippen LogP contribution >= 0.6 is 0 Å². The van der Waals surface area contributed by atoms with Gasteiger partial charge in [-0.15, -0.1) is 0 Å². The van der Waals surface area contributed by atoms with Crippen molar-refractivity contribution in [3.8, 4) is 11.5 Å². The van der Waals surface area contributed by atoms with E-state index in [1.807, 2.05) is 31.2 Å². The number of hydrogen-bond acceptors (Lipinski definition) is 4. The summed E-state index contributed by atoms with van der Waals surface area (Å²) in [7, 11) is 0. The Bertz CT molecular complexity index is 465. The van der Waals surface area contributed by atoms with Crippen LogP contribution in [0.2, 0.25) is 0 Å². The van der Waals surface area contributed by atoms with Crippen molar-refractivity contribution >= 4 is 0 Å². The molecule has 84 valence electrons. The van der Waals surface area contributed by atoms with Crippen molar-refractivity contribution in [2.75, 3.05) is 6.54 Å². The summed E-state index contributed by atoms with van der Waals surface area (Å²) in [5.74, 6) is 1.31. The zero-order valence-electron chi connectivity index (χ0n) is 9.31. The summed E-state index contributed by atoms with van der Waals surface area (Å²) < 4.78 is 5.18. The molecule has 0 radical (unpaired) electrons. The summed E-state index contributed by atoms with van der Waals surface area (Å²) in [5.41, 5.74) is 7.67. The Morgan fingerprint density at radius 2 is 2.25 bits per heavy atom. The van der Waals surface area contributed by atoms with Crippen molar-refractivity contribution in [2.45, 2.75) is 19.8 Å². The van der Waals surface area contributed by atoms with Crippen LogP contribution < -0.4 is 5.73 Å². The number of nitrogens with two attached hydrogens (primary N) is 1. The predicted molar refractivity (Wildman–Crippen MR) is 61.9 cm³/mol. The second-order valence-corrected chi connectivity index (χ2v) is 3.61. The van der Waals surface area contributed by atoms with Crippen molar-refractivity contribution in [3.05, 3.63) is 35.7 Å². The molecule has 4 heteroatoms. The van der Waals surface area contributed by atoms with Crippen LogP contribution in [0.3, 0.4) is 0 Å². The van der Waals surface area contributed by atoms with Gasteiger partial charge in [-0.05, 0) is 30.7 Å². The zero-order valence-corrected chi connectivity index (χ0v) is 9.31. The first-order valence-electron chi connectivity index (χ1n) is 5.45. The van der Waals surface area contributed by atoms with E-state index in [1.165, 1.54) is 5.56 Å². The van der Waals surface area contributed by atoms with E-state index < -0.39 is 0 Å². The predicted octanol–water partition coefficient (Wildman–Crippen LogP) is 1.80. The lowest BCUT2D eigenvalue weighted by Crippen LogP contribution is -2.02. The number of nitrogens with zero attached hydrogens (tertiary/aromatic N) is 2. The Kier molecular flexibility index (Phi) is 3.31. The molecule has 2 aromatic rings. The van der Waals surface area contributed by atoms with Crippen LogP contribution in [0.15, 0.2) is 28.8 Å². The van der Waals surface area contributed by atoms with Crippen molar-refractivity contribution < 1.29 is 4.52 Å². The number of rotatable bonds is 4. The number of aryl methyl sites for hydroxylation is 1. The van der Waals surface area contributed by atoms with Gasteiger partial charge in [-0.25, -0.2) is 0 Å². The van der Waals surface area contributed by atoms with Gasteiger partial charge in [0.2, 0.25) is 0 Å². The Hall–Kier alpha value is -1.68. The molecular weight excluding hydrogens is 202 g/mol. The van der Waals surface area contributed by atoms with E-state index in [9.17, 15) is 0 Å². The molecule has 1 aromatic carbocycles. The third-order valence-corrected chi connectivity index (χ3v) is 2.39. The van der Waals surface area contributed by atoms with E-state index in [0.717, 1.165) is 24.2 Å². The van der Waals surface area contributed by atoms with E-state index in [1.54, 1.807) is 0 Å². The maximum atomic E-state index is 5.52. The number of aromatic nitrogens is 2. The fourth-order valence-electron chi connectivity index (χ4n) is 1.54. The van der Waals surface area contributed by atoms with Crippen molar-refractivity contribution in [1.29, 1.82) is 0 Å². The van der Waals surface area contributed by atoms with Gasteiger partial charge in [-0.2, -0.15) is 4.98 Å². The molecule has 1 heterocycles. The summed E-state index contributed by atoms with van der Waals surface area (Å²) >= 11 is 0. The van der Waals surface area contributed by atoms with Crippen LogP contribution in [-0.2, 0) is 12.8 Å². The largest absolute Gasteiger partial charge is 0.334 e. The Labute approximate surface area is 94.5 Å². The Morgan fingerprint density at radius 3 is 2.94 bits per heavy atom. The van der Waals surface area contributed by atoms with E-state index in [2.05, 4.69) is 10.1 Å². The van der Waals surface area contributed by atoms with Gasteiger partial charge in [-0.3, -0.25) is 0 Å². The smallest absolute Gasteiger partial charge is 0.257 e. The highest BCUT2D eigenvalue weighted by Gasteiger charge is 2.07. The van der Waals surface area contributed by atoms with Crippen LogP contribution in [0.25, 0.3) is 11.5 Å². The molecule has 2 rings (SSSR count). The lowest BCUT2D eigenvalue weighted by molar-refractivity contribution is 0.423. The van der Waals surface area contributed by atoms with Crippen LogP contribution in [0.1, 0.15) is 18.3 Å². The van der Waals surface area contributed by atoms with E-state index in [-0.39, 0.29) is 0 Å². The fourth-order valence-corrected chi connectivity index (χ4v) is 1.54. The van der Waals surface area contributed by atoms with Gasteiger partial charge in [0.1, 0.15) is 0 Å². The monoisotopic (exact) mass is 217 g/mol. The highest BCUT2D eigenvalue weighted by atomic mass is 16.5. The third-order valence-electron chi connectivity index (χ3n) is 2.39. The first-order chi connectivity index (χ1) is 7.83. The summed E-state index contributed by atoms with van der Waals surface area (Å²) in [6.45, 7) is 2.65. The minimum atomic E-state index is 0.579. The molecule has 0 aliphatic carbocycles. The normalized spacial score (nSPS) is 10.6. The molecule has 0 saturated carbocycles. The SMILES string of the molecule is CCc1noc(-c2cccc(CCN)c2)n1.